The van der Waals surface area contributed by atoms with Crippen molar-refractivity contribution in [3.05, 3.63) is 66.2 Å². The monoisotopic (exact) mass is 457 g/mol. The molecule has 100 valence electrons. The zero-order valence-corrected chi connectivity index (χ0v) is 13.9. The van der Waals surface area contributed by atoms with Crippen molar-refractivity contribution >= 4 is 50.1 Å². The summed E-state index contributed by atoms with van der Waals surface area (Å²) in [5.74, 6) is -1.37. The van der Waals surface area contributed by atoms with E-state index in [2.05, 4.69) is 38.5 Å². The van der Waals surface area contributed by atoms with Gasteiger partial charge in [0.15, 0.2) is 0 Å². The molecular formula is C13H8BrClF2IN. The largest absolute Gasteiger partial charge is 0.320 e. The summed E-state index contributed by atoms with van der Waals surface area (Å²) < 4.78 is 28.8. The Balaban J connectivity index is 2.52. The van der Waals surface area contributed by atoms with Gasteiger partial charge in [0, 0.05) is 9.13 Å². The van der Waals surface area contributed by atoms with Gasteiger partial charge in [-0.05, 0) is 68.3 Å². The molecule has 0 aromatic heterocycles. The number of nitrogens with two attached hydrogens (primary N) is 1. The summed E-state index contributed by atoms with van der Waals surface area (Å²) in [6.45, 7) is 0. The molecule has 0 bridgehead atoms. The average molecular weight is 458 g/mol. The van der Waals surface area contributed by atoms with Crippen molar-refractivity contribution in [2.24, 2.45) is 5.73 Å². The highest BCUT2D eigenvalue weighted by Gasteiger charge is 2.20. The van der Waals surface area contributed by atoms with Crippen LogP contribution in [0.3, 0.4) is 0 Å². The van der Waals surface area contributed by atoms with E-state index in [1.165, 1.54) is 12.1 Å². The molecule has 2 rings (SSSR count). The third-order valence-corrected chi connectivity index (χ3v) is 4.88. The van der Waals surface area contributed by atoms with Gasteiger partial charge in [0.2, 0.25) is 0 Å². The summed E-state index contributed by atoms with van der Waals surface area (Å²) >= 11 is 11.1. The Labute approximate surface area is 136 Å². The Morgan fingerprint density at radius 1 is 1.21 bits per heavy atom. The number of benzene rings is 2. The molecule has 0 saturated carbocycles. The third kappa shape index (κ3) is 3.09. The highest BCUT2D eigenvalue weighted by molar-refractivity contribution is 14.1. The maximum absolute atomic E-state index is 14.0. The Bertz CT molecular complexity index is 636. The molecule has 0 radical (unpaired) electrons. The first-order chi connectivity index (χ1) is 8.91. The van der Waals surface area contributed by atoms with E-state index >= 15 is 0 Å². The molecular weight excluding hydrogens is 450 g/mol. The topological polar surface area (TPSA) is 26.0 Å². The fourth-order valence-electron chi connectivity index (χ4n) is 1.70. The maximum Gasteiger partial charge on any atom is 0.145 e. The molecule has 0 saturated heterocycles. The number of rotatable bonds is 2. The molecule has 2 aromatic rings. The van der Waals surface area contributed by atoms with Gasteiger partial charge in [-0.15, -0.1) is 0 Å². The Hall–Kier alpha value is -0.240. The van der Waals surface area contributed by atoms with E-state index in [4.69, 9.17) is 17.3 Å². The van der Waals surface area contributed by atoms with E-state index in [0.717, 1.165) is 3.57 Å². The molecule has 0 aliphatic carbocycles. The highest BCUT2D eigenvalue weighted by atomic mass is 127. The summed E-state index contributed by atoms with van der Waals surface area (Å²) in [5.41, 5.74) is 6.33. The fourth-order valence-corrected chi connectivity index (χ4v) is 2.57. The molecule has 1 nitrogen and oxygen atoms in total. The van der Waals surface area contributed by atoms with Gasteiger partial charge >= 0.3 is 0 Å². The average Bonchev–Trinajstić information content (AvgIpc) is 2.37. The van der Waals surface area contributed by atoms with E-state index < -0.39 is 17.7 Å². The quantitative estimate of drug-likeness (QED) is 0.496. The van der Waals surface area contributed by atoms with Crippen LogP contribution in [0, 0.1) is 15.2 Å². The Kier molecular flexibility index (Phi) is 4.81. The highest BCUT2D eigenvalue weighted by Crippen LogP contribution is 2.31. The third-order valence-electron chi connectivity index (χ3n) is 2.69. The lowest BCUT2D eigenvalue weighted by Gasteiger charge is -2.16. The normalized spacial score (nSPS) is 12.5. The van der Waals surface area contributed by atoms with Gasteiger partial charge in [-0.3, -0.25) is 0 Å². The summed E-state index contributed by atoms with van der Waals surface area (Å²) in [5, 5.41) is 0.504. The zero-order chi connectivity index (χ0) is 14.2. The van der Waals surface area contributed by atoms with Gasteiger partial charge in [0.1, 0.15) is 11.6 Å². The number of halogens is 5. The van der Waals surface area contributed by atoms with Crippen molar-refractivity contribution in [3.63, 3.8) is 0 Å². The molecule has 0 fully saturated rings. The summed E-state index contributed by atoms with van der Waals surface area (Å²) in [6.07, 6.45) is 0. The van der Waals surface area contributed by atoms with Crippen LogP contribution in [-0.4, -0.2) is 0 Å². The van der Waals surface area contributed by atoms with Crippen LogP contribution in [0.4, 0.5) is 8.78 Å². The Morgan fingerprint density at radius 3 is 2.53 bits per heavy atom. The second-order valence-corrected chi connectivity index (χ2v) is 6.33. The molecule has 19 heavy (non-hydrogen) atoms. The van der Waals surface area contributed by atoms with Crippen LogP contribution < -0.4 is 5.73 Å². The van der Waals surface area contributed by atoms with Crippen molar-refractivity contribution in [3.8, 4) is 0 Å². The fraction of sp³-hybridized carbons (Fsp3) is 0.0769. The number of hydrogen-bond acceptors (Lipinski definition) is 1. The first-order valence-corrected chi connectivity index (χ1v) is 7.50. The number of hydrogen-bond donors (Lipinski definition) is 1. The van der Waals surface area contributed by atoms with Crippen molar-refractivity contribution in [1.29, 1.82) is 0 Å². The van der Waals surface area contributed by atoms with Crippen LogP contribution in [0.5, 0.6) is 0 Å². The van der Waals surface area contributed by atoms with Crippen molar-refractivity contribution in [2.45, 2.75) is 6.04 Å². The van der Waals surface area contributed by atoms with E-state index in [-0.39, 0.29) is 10.0 Å². The predicted octanol–water partition coefficient (Wildman–Crippen LogP) is 5.03. The van der Waals surface area contributed by atoms with E-state index in [1.807, 2.05) is 0 Å². The molecule has 2 aromatic carbocycles. The molecule has 1 unspecified atom stereocenters. The minimum Gasteiger partial charge on any atom is -0.320 e. The Morgan fingerprint density at radius 2 is 1.89 bits per heavy atom. The van der Waals surface area contributed by atoms with Crippen LogP contribution in [0.2, 0.25) is 5.02 Å². The van der Waals surface area contributed by atoms with Gasteiger partial charge in [-0.25, -0.2) is 8.78 Å². The van der Waals surface area contributed by atoms with Gasteiger partial charge in [0.05, 0.1) is 15.5 Å². The van der Waals surface area contributed by atoms with Gasteiger partial charge < -0.3 is 5.73 Å². The van der Waals surface area contributed by atoms with Gasteiger partial charge in [0.25, 0.3) is 0 Å². The summed E-state index contributed by atoms with van der Waals surface area (Å²) in [4.78, 5) is 0. The molecule has 2 N–H and O–H groups in total. The molecule has 0 amide bonds. The van der Waals surface area contributed by atoms with Crippen LogP contribution in [0.15, 0.2) is 34.8 Å². The minimum atomic E-state index is -0.910. The first-order valence-electron chi connectivity index (χ1n) is 5.25. The van der Waals surface area contributed by atoms with Crippen LogP contribution in [0.25, 0.3) is 0 Å². The second-order valence-electron chi connectivity index (χ2n) is 3.91. The molecule has 1 atom stereocenters. The lowest BCUT2D eigenvalue weighted by Crippen LogP contribution is -2.16. The maximum atomic E-state index is 14.0. The van der Waals surface area contributed by atoms with E-state index in [1.54, 1.807) is 18.2 Å². The summed E-state index contributed by atoms with van der Waals surface area (Å²) in [7, 11) is 0. The van der Waals surface area contributed by atoms with Crippen LogP contribution in [-0.2, 0) is 0 Å². The van der Waals surface area contributed by atoms with Crippen molar-refractivity contribution in [2.75, 3.05) is 0 Å². The van der Waals surface area contributed by atoms with Crippen LogP contribution >= 0.6 is 50.1 Å². The summed E-state index contributed by atoms with van der Waals surface area (Å²) in [6, 6.07) is 6.66. The smallest absolute Gasteiger partial charge is 0.145 e. The van der Waals surface area contributed by atoms with Crippen LogP contribution in [0.1, 0.15) is 17.2 Å². The first kappa shape index (κ1) is 15.2. The molecule has 0 aliphatic heterocycles. The standard InChI is InChI=1S/C13H8BrClF2IN/c14-7-2-3-9(16)11(12(7)17)13(19)6-1-4-10(18)8(15)5-6/h1-5,13H,19H2. The molecule has 0 spiro atoms. The molecule has 0 aliphatic rings. The SMILES string of the molecule is NC(c1ccc(I)c(Cl)c1)c1c(F)ccc(Br)c1F. The minimum absolute atomic E-state index is 0.174. The van der Waals surface area contributed by atoms with Crippen molar-refractivity contribution in [1.82, 2.24) is 0 Å². The van der Waals surface area contributed by atoms with Gasteiger partial charge in [-0.1, -0.05) is 17.7 Å². The predicted molar refractivity (Wildman–Crippen MR) is 84.3 cm³/mol. The van der Waals surface area contributed by atoms with E-state index in [9.17, 15) is 8.78 Å². The second kappa shape index (κ2) is 6.03. The molecule has 0 heterocycles. The lowest BCUT2D eigenvalue weighted by atomic mass is 9.98. The van der Waals surface area contributed by atoms with Crippen molar-refractivity contribution < 1.29 is 8.78 Å². The van der Waals surface area contributed by atoms with E-state index in [0.29, 0.717) is 10.6 Å². The lowest BCUT2D eigenvalue weighted by molar-refractivity contribution is 0.539. The van der Waals surface area contributed by atoms with Gasteiger partial charge in [-0.2, -0.15) is 0 Å². The molecule has 6 heteroatoms. The zero-order valence-electron chi connectivity index (χ0n) is 9.43.